The smallest absolute Gasteiger partial charge is 0.211 e. The first-order valence-corrected chi connectivity index (χ1v) is 6.41. The number of sulfonamides is 1. The first-order chi connectivity index (χ1) is 6.08. The molecule has 1 aliphatic carbocycles. The maximum Gasteiger partial charge on any atom is 0.211 e. The zero-order chi connectivity index (χ0) is 9.47. The summed E-state index contributed by atoms with van der Waals surface area (Å²) in [5.41, 5.74) is 1.23. The summed E-state index contributed by atoms with van der Waals surface area (Å²) in [4.78, 5) is 0. The van der Waals surface area contributed by atoms with E-state index >= 15 is 0 Å². The van der Waals surface area contributed by atoms with E-state index in [9.17, 15) is 8.42 Å². The largest absolute Gasteiger partial charge is 0.212 e. The minimum atomic E-state index is -2.97. The molecule has 0 aromatic carbocycles. The molecule has 1 saturated carbocycles. The van der Waals surface area contributed by atoms with E-state index in [0.717, 1.165) is 25.7 Å². The molecular weight excluding hydrogens is 186 g/mol. The van der Waals surface area contributed by atoms with E-state index in [1.165, 1.54) is 5.57 Å². The summed E-state index contributed by atoms with van der Waals surface area (Å²) in [6.07, 6.45) is 3.88. The van der Waals surface area contributed by atoms with Crippen LogP contribution in [0.4, 0.5) is 0 Å². The van der Waals surface area contributed by atoms with E-state index in [0.29, 0.717) is 5.92 Å². The number of nitrogens with one attached hydrogen (secondary N) is 1. The van der Waals surface area contributed by atoms with Gasteiger partial charge in [0.2, 0.25) is 10.0 Å². The lowest BCUT2D eigenvalue weighted by atomic mass is 9.80. The molecule has 74 valence electrons. The van der Waals surface area contributed by atoms with E-state index in [1.807, 2.05) is 0 Å². The van der Waals surface area contributed by atoms with Crippen molar-refractivity contribution in [3.05, 3.63) is 12.2 Å². The molecule has 2 aliphatic rings. The van der Waals surface area contributed by atoms with Gasteiger partial charge in [0.1, 0.15) is 0 Å². The second-order valence-corrected chi connectivity index (χ2v) is 5.86. The highest BCUT2D eigenvalue weighted by molar-refractivity contribution is 7.89. The van der Waals surface area contributed by atoms with Crippen molar-refractivity contribution in [2.45, 2.75) is 31.7 Å². The maximum atomic E-state index is 11.3. The Morgan fingerprint density at radius 1 is 1.38 bits per heavy atom. The first-order valence-electron chi connectivity index (χ1n) is 4.76. The molecule has 4 heteroatoms. The Morgan fingerprint density at radius 2 is 2.15 bits per heavy atom. The van der Waals surface area contributed by atoms with Crippen molar-refractivity contribution < 1.29 is 8.42 Å². The van der Waals surface area contributed by atoms with Crippen LogP contribution in [-0.2, 0) is 10.0 Å². The number of hydrogen-bond acceptors (Lipinski definition) is 2. The summed E-state index contributed by atoms with van der Waals surface area (Å²) in [6.45, 7) is 4.01. The van der Waals surface area contributed by atoms with E-state index in [4.69, 9.17) is 0 Å². The highest BCUT2D eigenvalue weighted by Crippen LogP contribution is 2.33. The van der Waals surface area contributed by atoms with Gasteiger partial charge in [-0.15, -0.1) is 0 Å². The van der Waals surface area contributed by atoms with Crippen molar-refractivity contribution in [1.82, 2.24) is 4.72 Å². The molecule has 1 N–H and O–H groups in total. The average molecular weight is 201 g/mol. The summed E-state index contributed by atoms with van der Waals surface area (Å²) >= 11 is 0. The van der Waals surface area contributed by atoms with E-state index in [2.05, 4.69) is 11.3 Å². The SMILES string of the molecule is C=C1CCCC2NS(=O)(=O)CCC12. The van der Waals surface area contributed by atoms with Gasteiger partial charge in [-0.05, 0) is 31.6 Å². The van der Waals surface area contributed by atoms with Gasteiger partial charge in [0.15, 0.2) is 0 Å². The van der Waals surface area contributed by atoms with Crippen LogP contribution in [-0.4, -0.2) is 20.2 Å². The molecule has 2 fully saturated rings. The zero-order valence-electron chi connectivity index (χ0n) is 7.62. The normalized spacial score (nSPS) is 38.3. The van der Waals surface area contributed by atoms with Crippen LogP contribution >= 0.6 is 0 Å². The topological polar surface area (TPSA) is 46.2 Å². The van der Waals surface area contributed by atoms with Crippen molar-refractivity contribution in [2.75, 3.05) is 5.75 Å². The molecule has 2 atom stereocenters. The van der Waals surface area contributed by atoms with Crippen molar-refractivity contribution in [1.29, 1.82) is 0 Å². The van der Waals surface area contributed by atoms with Gasteiger partial charge in [-0.2, -0.15) is 0 Å². The molecule has 0 aromatic rings. The standard InChI is InChI=1S/C9H15NO2S/c1-7-3-2-4-9-8(7)5-6-13(11,12)10-9/h8-10H,1-6H2. The highest BCUT2D eigenvalue weighted by Gasteiger charge is 2.35. The van der Waals surface area contributed by atoms with Crippen LogP contribution in [0, 0.1) is 5.92 Å². The summed E-state index contributed by atoms with van der Waals surface area (Å²) in [6, 6.07) is 0.139. The lowest BCUT2D eigenvalue weighted by Crippen LogP contribution is -2.48. The minimum absolute atomic E-state index is 0.139. The second-order valence-electron chi connectivity index (χ2n) is 3.99. The van der Waals surface area contributed by atoms with Gasteiger partial charge in [-0.1, -0.05) is 12.2 Å². The first kappa shape index (κ1) is 9.21. The maximum absolute atomic E-state index is 11.3. The Balaban J connectivity index is 2.17. The van der Waals surface area contributed by atoms with E-state index < -0.39 is 10.0 Å². The summed E-state index contributed by atoms with van der Waals surface area (Å²) < 4.78 is 25.3. The molecule has 1 aliphatic heterocycles. The van der Waals surface area contributed by atoms with Crippen molar-refractivity contribution >= 4 is 10.0 Å². The third-order valence-corrected chi connectivity index (χ3v) is 4.49. The van der Waals surface area contributed by atoms with Gasteiger partial charge >= 0.3 is 0 Å². The van der Waals surface area contributed by atoms with Crippen LogP contribution < -0.4 is 4.72 Å². The van der Waals surface area contributed by atoms with Crippen molar-refractivity contribution in [3.8, 4) is 0 Å². The molecule has 2 unspecified atom stereocenters. The Labute approximate surface area is 79.3 Å². The number of rotatable bonds is 0. The van der Waals surface area contributed by atoms with Gasteiger partial charge < -0.3 is 0 Å². The monoisotopic (exact) mass is 201 g/mol. The summed E-state index contributed by atoms with van der Waals surface area (Å²) in [5, 5.41) is 0. The van der Waals surface area contributed by atoms with Crippen LogP contribution in [0.2, 0.25) is 0 Å². The molecule has 2 rings (SSSR count). The Kier molecular flexibility index (Phi) is 2.20. The Bertz CT molecular complexity index is 321. The van der Waals surface area contributed by atoms with Crippen molar-refractivity contribution in [2.24, 2.45) is 5.92 Å². The molecule has 1 saturated heterocycles. The lowest BCUT2D eigenvalue weighted by molar-refractivity contribution is 0.339. The predicted octanol–water partition coefficient (Wildman–Crippen LogP) is 1.03. The molecule has 0 aromatic heterocycles. The quantitative estimate of drug-likeness (QED) is 0.595. The van der Waals surface area contributed by atoms with Gasteiger partial charge in [0.25, 0.3) is 0 Å². The van der Waals surface area contributed by atoms with Gasteiger partial charge in [0, 0.05) is 6.04 Å². The van der Waals surface area contributed by atoms with Gasteiger partial charge in [-0.25, -0.2) is 13.1 Å². The Morgan fingerprint density at radius 3 is 2.92 bits per heavy atom. The molecule has 0 spiro atoms. The summed E-state index contributed by atoms with van der Waals surface area (Å²) in [5.74, 6) is 0.671. The van der Waals surface area contributed by atoms with E-state index in [1.54, 1.807) is 0 Å². The average Bonchev–Trinajstić information content (AvgIpc) is 2.02. The van der Waals surface area contributed by atoms with Crippen LogP contribution in [0.15, 0.2) is 12.2 Å². The number of hydrogen-bond donors (Lipinski definition) is 1. The van der Waals surface area contributed by atoms with E-state index in [-0.39, 0.29) is 11.8 Å². The molecule has 3 nitrogen and oxygen atoms in total. The minimum Gasteiger partial charge on any atom is -0.212 e. The third kappa shape index (κ3) is 1.79. The molecule has 0 radical (unpaired) electrons. The predicted molar refractivity (Wildman–Crippen MR) is 51.8 cm³/mol. The molecule has 0 bridgehead atoms. The lowest BCUT2D eigenvalue weighted by Gasteiger charge is -2.37. The summed E-state index contributed by atoms with van der Waals surface area (Å²) in [7, 11) is -2.97. The Hall–Kier alpha value is -0.350. The van der Waals surface area contributed by atoms with Crippen LogP contribution in [0.1, 0.15) is 25.7 Å². The molecule has 0 amide bonds. The van der Waals surface area contributed by atoms with Gasteiger partial charge in [0.05, 0.1) is 5.75 Å². The van der Waals surface area contributed by atoms with Crippen LogP contribution in [0.5, 0.6) is 0 Å². The fraction of sp³-hybridized carbons (Fsp3) is 0.778. The van der Waals surface area contributed by atoms with Crippen LogP contribution in [0.25, 0.3) is 0 Å². The molecule has 13 heavy (non-hydrogen) atoms. The fourth-order valence-corrected chi connectivity index (χ4v) is 3.76. The van der Waals surface area contributed by atoms with Gasteiger partial charge in [-0.3, -0.25) is 0 Å². The van der Waals surface area contributed by atoms with Crippen LogP contribution in [0.3, 0.4) is 0 Å². The second kappa shape index (κ2) is 3.10. The highest BCUT2D eigenvalue weighted by atomic mass is 32.2. The molecular formula is C9H15NO2S. The van der Waals surface area contributed by atoms with Crippen molar-refractivity contribution in [3.63, 3.8) is 0 Å². The zero-order valence-corrected chi connectivity index (χ0v) is 8.44. The molecule has 1 heterocycles. The third-order valence-electron chi connectivity index (χ3n) is 3.05. The number of fused-ring (bicyclic) bond motifs is 1. The fourth-order valence-electron chi connectivity index (χ4n) is 2.34.